The minimum absolute atomic E-state index is 0.0507. The molecule has 0 radical (unpaired) electrons. The molecule has 87 heavy (non-hydrogen) atoms. The topological polar surface area (TPSA) is 189 Å². The number of fused-ring (bicyclic) bond motifs is 2. The van der Waals surface area contributed by atoms with E-state index < -0.39 is 58.6 Å². The molecular formula is C64H46Cl2F6N8O7. The minimum Gasteiger partial charge on any atom is -0.471 e. The molecule has 10 aromatic rings. The lowest BCUT2D eigenvalue weighted by atomic mass is 10.00. The second kappa shape index (κ2) is 25.9. The quantitative estimate of drug-likeness (QED) is 0.0398. The van der Waals surface area contributed by atoms with E-state index in [-0.39, 0.29) is 118 Å². The van der Waals surface area contributed by atoms with Crippen LogP contribution < -0.4 is 9.47 Å². The zero-order valence-electron chi connectivity index (χ0n) is 46.5. The van der Waals surface area contributed by atoms with Crippen LogP contribution in [0.3, 0.4) is 0 Å². The van der Waals surface area contributed by atoms with Gasteiger partial charge in [-0.1, -0.05) is 47.5 Å². The first-order valence-electron chi connectivity index (χ1n) is 26.5. The standard InChI is InChI=1S/C64H46Cl2F6N8O7/c1-33-17-39(45(65)27-43(33)53-11-9-47(67)61(75-53)85-31-37-7-5-35(29-73)19-49(37)69)25-57-77-59-51(71)21-41(23-55(59)79(57)13-15-83-3)63(81)87-64(82)42-22-52(72)60-56(24-42)80(14-16-84-4)58(78-60)26-40-18-34(2)44(28-46(40)66)54-12-10-48(68)62(76-54)86-32-38-8-6-36(30-74)20-50(38)70/h5-12,17-24,27-28H,13-16,25-26,31-32H2,1-4H3. The van der Waals surface area contributed by atoms with Crippen LogP contribution in [0.4, 0.5) is 26.3 Å². The average molecular weight is 1220 g/mol. The number of nitriles is 2. The summed E-state index contributed by atoms with van der Waals surface area (Å²) in [7, 11) is 2.94. The predicted octanol–water partition coefficient (Wildman–Crippen LogP) is 13.6. The highest BCUT2D eigenvalue weighted by Gasteiger charge is 2.26. The molecule has 0 N–H and O–H groups in total. The summed E-state index contributed by atoms with van der Waals surface area (Å²) < 4.78 is 122. The maximum atomic E-state index is 16.2. The lowest BCUT2D eigenvalue weighted by molar-refractivity contribution is 0.0397. The van der Waals surface area contributed by atoms with Crippen molar-refractivity contribution in [3.8, 4) is 46.4 Å². The number of rotatable bonds is 20. The van der Waals surface area contributed by atoms with Crippen LogP contribution in [0.15, 0.2) is 109 Å². The summed E-state index contributed by atoms with van der Waals surface area (Å²) in [5, 5.41) is 18.6. The molecule has 4 heterocycles. The smallest absolute Gasteiger partial charge is 0.346 e. The van der Waals surface area contributed by atoms with Gasteiger partial charge in [0.2, 0.25) is 0 Å². The van der Waals surface area contributed by atoms with Gasteiger partial charge in [0.05, 0.1) is 70.0 Å². The van der Waals surface area contributed by atoms with Crippen LogP contribution in [-0.4, -0.2) is 68.4 Å². The molecule has 4 aromatic heterocycles. The molecule has 0 atom stereocenters. The number of halogens is 8. The van der Waals surface area contributed by atoms with Gasteiger partial charge in [0.15, 0.2) is 23.3 Å². The number of carbonyl (C=O) groups is 2. The first kappa shape index (κ1) is 60.5. The van der Waals surface area contributed by atoms with Gasteiger partial charge in [-0.05, 0) is 121 Å². The molecule has 10 rings (SSSR count). The zero-order valence-corrected chi connectivity index (χ0v) is 48.0. The van der Waals surface area contributed by atoms with Crippen LogP contribution in [0.25, 0.3) is 44.6 Å². The number of nitrogens with zero attached hydrogens (tertiary/aromatic N) is 8. The van der Waals surface area contributed by atoms with Gasteiger partial charge in [-0.25, -0.2) is 55.9 Å². The third-order valence-corrected chi connectivity index (χ3v) is 14.9. The van der Waals surface area contributed by atoms with E-state index in [4.69, 9.17) is 57.4 Å². The van der Waals surface area contributed by atoms with E-state index in [1.807, 2.05) is 12.1 Å². The van der Waals surface area contributed by atoms with E-state index in [0.717, 1.165) is 36.4 Å². The van der Waals surface area contributed by atoms with E-state index in [1.54, 1.807) is 47.2 Å². The lowest BCUT2D eigenvalue weighted by Gasteiger charge is -2.14. The van der Waals surface area contributed by atoms with Gasteiger partial charge in [-0.2, -0.15) is 10.5 Å². The van der Waals surface area contributed by atoms with E-state index in [1.165, 1.54) is 62.8 Å². The number of esters is 2. The summed E-state index contributed by atoms with van der Waals surface area (Å²) in [5.41, 5.74) is 3.83. The van der Waals surface area contributed by atoms with Crippen LogP contribution in [-0.2, 0) is 53.4 Å². The van der Waals surface area contributed by atoms with Crippen molar-refractivity contribution in [1.29, 1.82) is 10.5 Å². The highest BCUT2D eigenvalue weighted by atomic mass is 35.5. The number of benzene rings is 6. The van der Waals surface area contributed by atoms with Crippen molar-refractivity contribution in [2.24, 2.45) is 0 Å². The fourth-order valence-electron chi connectivity index (χ4n) is 9.79. The molecule has 0 aliphatic carbocycles. The number of methoxy groups -OCH3 is 2. The highest BCUT2D eigenvalue weighted by Crippen LogP contribution is 2.36. The van der Waals surface area contributed by atoms with Gasteiger partial charge in [0.1, 0.15) is 47.5 Å². The monoisotopic (exact) mass is 1220 g/mol. The van der Waals surface area contributed by atoms with E-state index >= 15 is 8.78 Å². The Morgan fingerprint density at radius 2 is 0.920 bits per heavy atom. The van der Waals surface area contributed by atoms with E-state index in [2.05, 4.69) is 19.9 Å². The molecule has 0 unspecified atom stereocenters. The summed E-state index contributed by atoms with van der Waals surface area (Å²) in [5.74, 6) is -7.45. The molecule has 6 aromatic carbocycles. The molecule has 23 heteroatoms. The van der Waals surface area contributed by atoms with Crippen molar-refractivity contribution in [3.05, 3.63) is 221 Å². The number of hydrogen-bond donors (Lipinski definition) is 0. The Hall–Kier alpha value is -9.64. The number of imidazole rings is 2. The normalized spacial score (nSPS) is 11.3. The van der Waals surface area contributed by atoms with Crippen LogP contribution in [0.2, 0.25) is 10.0 Å². The van der Waals surface area contributed by atoms with Gasteiger partial charge >= 0.3 is 11.9 Å². The summed E-state index contributed by atoms with van der Waals surface area (Å²) >= 11 is 13.8. The average Bonchev–Trinajstić information content (AvgIpc) is 1.78. The predicted molar refractivity (Wildman–Crippen MR) is 308 cm³/mol. The molecular weight excluding hydrogens is 1180 g/mol. The van der Waals surface area contributed by atoms with Crippen molar-refractivity contribution >= 4 is 57.2 Å². The Morgan fingerprint density at radius 3 is 1.30 bits per heavy atom. The maximum absolute atomic E-state index is 16.2. The number of carbonyl (C=O) groups excluding carboxylic acids is 2. The third-order valence-electron chi connectivity index (χ3n) is 14.2. The second-order valence-electron chi connectivity index (χ2n) is 19.9. The fourth-order valence-corrected chi connectivity index (χ4v) is 10.2. The Labute approximate surface area is 502 Å². The molecule has 0 spiro atoms. The van der Waals surface area contributed by atoms with Crippen molar-refractivity contribution in [1.82, 2.24) is 29.1 Å². The van der Waals surface area contributed by atoms with Crippen molar-refractivity contribution < 1.29 is 59.6 Å². The summed E-state index contributed by atoms with van der Waals surface area (Å²) in [6.45, 7) is 3.36. The first-order chi connectivity index (χ1) is 41.8. The molecule has 0 aliphatic rings. The summed E-state index contributed by atoms with van der Waals surface area (Å²) in [6, 6.07) is 27.7. The van der Waals surface area contributed by atoms with Crippen LogP contribution in [0, 0.1) is 71.4 Å². The van der Waals surface area contributed by atoms with Crippen LogP contribution in [0.1, 0.15) is 76.9 Å². The third kappa shape index (κ3) is 13.0. The number of pyridine rings is 2. The van der Waals surface area contributed by atoms with Crippen LogP contribution in [0.5, 0.6) is 11.8 Å². The van der Waals surface area contributed by atoms with Crippen molar-refractivity contribution in [2.75, 3.05) is 27.4 Å². The van der Waals surface area contributed by atoms with Crippen LogP contribution >= 0.6 is 23.2 Å². The first-order valence-corrected chi connectivity index (χ1v) is 27.3. The lowest BCUT2D eigenvalue weighted by Crippen LogP contribution is -2.14. The van der Waals surface area contributed by atoms with Gasteiger partial charge in [0, 0.05) is 72.4 Å². The Balaban J connectivity index is 0.867. The maximum Gasteiger partial charge on any atom is 0.346 e. The minimum atomic E-state index is -1.25. The van der Waals surface area contributed by atoms with E-state index in [9.17, 15) is 27.2 Å². The molecule has 440 valence electrons. The molecule has 0 aliphatic heterocycles. The number of aromatic nitrogens is 6. The van der Waals surface area contributed by atoms with Gasteiger partial charge in [-0.15, -0.1) is 0 Å². The molecule has 0 saturated heterocycles. The van der Waals surface area contributed by atoms with Gasteiger partial charge < -0.3 is 32.8 Å². The number of aryl methyl sites for hydroxylation is 2. The van der Waals surface area contributed by atoms with Gasteiger partial charge in [-0.3, -0.25) is 0 Å². The van der Waals surface area contributed by atoms with Gasteiger partial charge in [0.25, 0.3) is 11.8 Å². The Kier molecular flexibility index (Phi) is 18.0. The molecule has 0 saturated carbocycles. The molecule has 15 nitrogen and oxygen atoms in total. The Bertz CT molecular complexity index is 4210. The van der Waals surface area contributed by atoms with E-state index in [0.29, 0.717) is 56.4 Å². The highest BCUT2D eigenvalue weighted by molar-refractivity contribution is 6.32. The summed E-state index contributed by atoms with van der Waals surface area (Å²) in [4.78, 5) is 45.5. The van der Waals surface area contributed by atoms with Crippen molar-refractivity contribution in [3.63, 3.8) is 0 Å². The number of ether oxygens (including phenoxy) is 5. The molecule has 0 bridgehead atoms. The zero-order chi connectivity index (χ0) is 61.8. The molecule has 0 fully saturated rings. The fraction of sp³-hybridized carbons (Fsp3) is 0.188. The second-order valence-corrected chi connectivity index (χ2v) is 20.7. The molecule has 0 amide bonds. The SMILES string of the molecule is COCCn1c(Cc2cc(C)c(-c3ccc(F)c(OCc4ccc(C#N)cc4F)n3)cc2Cl)nc2c(F)cc(C(=O)OC(=O)c3cc(F)c4nc(Cc5cc(C)c(-c6ccc(F)c(OCc7ccc(C#N)cc7F)n6)cc5Cl)n(CCOC)c4c3)cc21. The van der Waals surface area contributed by atoms with Crippen molar-refractivity contribution in [2.45, 2.75) is 53.0 Å². The Morgan fingerprint density at radius 1 is 0.506 bits per heavy atom. The number of hydrogen-bond acceptors (Lipinski definition) is 13. The largest absolute Gasteiger partial charge is 0.471 e. The summed E-state index contributed by atoms with van der Waals surface area (Å²) in [6.07, 6.45) is 0.101.